The van der Waals surface area contributed by atoms with Gasteiger partial charge in [-0.3, -0.25) is 0 Å². The Labute approximate surface area is 130 Å². The van der Waals surface area contributed by atoms with Crippen molar-refractivity contribution in [2.24, 2.45) is 11.8 Å². The zero-order valence-corrected chi connectivity index (χ0v) is 13.7. The molecule has 1 saturated carbocycles. The van der Waals surface area contributed by atoms with Gasteiger partial charge >= 0.3 is 0 Å². The highest BCUT2D eigenvalue weighted by Gasteiger charge is 2.42. The quantitative estimate of drug-likeness (QED) is 0.861. The van der Waals surface area contributed by atoms with Crippen LogP contribution in [-0.4, -0.2) is 38.0 Å². The topological polar surface area (TPSA) is 30.5 Å². The highest BCUT2D eigenvalue weighted by Crippen LogP contribution is 2.43. The lowest BCUT2D eigenvalue weighted by Crippen LogP contribution is -2.51. The molecule has 3 nitrogen and oxygen atoms in total. The van der Waals surface area contributed by atoms with Crippen molar-refractivity contribution in [3.05, 3.63) is 0 Å². The van der Waals surface area contributed by atoms with Crippen LogP contribution in [0.15, 0.2) is 0 Å². The lowest BCUT2D eigenvalue weighted by atomic mass is 9.71. The molecule has 2 saturated heterocycles. The van der Waals surface area contributed by atoms with Gasteiger partial charge in [0.15, 0.2) is 0 Å². The van der Waals surface area contributed by atoms with E-state index in [0.717, 1.165) is 32.3 Å². The average Bonchev–Trinajstić information content (AvgIpc) is 2.54. The molecule has 122 valence electrons. The third kappa shape index (κ3) is 3.80. The Morgan fingerprint density at radius 3 is 2.62 bits per heavy atom. The third-order valence-electron chi connectivity index (χ3n) is 5.95. The maximum absolute atomic E-state index is 6.29. The van der Waals surface area contributed by atoms with Gasteiger partial charge in [-0.1, -0.05) is 26.2 Å². The average molecular weight is 295 g/mol. The van der Waals surface area contributed by atoms with E-state index < -0.39 is 0 Å². The minimum Gasteiger partial charge on any atom is -0.381 e. The zero-order valence-electron chi connectivity index (χ0n) is 13.7. The summed E-state index contributed by atoms with van der Waals surface area (Å²) in [7, 11) is 0. The Balaban J connectivity index is 1.66. The summed E-state index contributed by atoms with van der Waals surface area (Å²) in [6, 6.07) is 0.637. The first-order valence-electron chi connectivity index (χ1n) is 9.28. The first-order chi connectivity index (χ1) is 10.3. The van der Waals surface area contributed by atoms with Gasteiger partial charge in [-0.25, -0.2) is 0 Å². The van der Waals surface area contributed by atoms with Gasteiger partial charge < -0.3 is 14.8 Å². The summed E-state index contributed by atoms with van der Waals surface area (Å²) in [5.74, 6) is 1.49. The SMILES string of the molecule is CCNC(C1CCCOC1)C1CCOC2(CCCCC2)C1. The number of hydrogen-bond donors (Lipinski definition) is 1. The minimum absolute atomic E-state index is 0.227. The lowest BCUT2D eigenvalue weighted by Gasteiger charge is -2.47. The number of hydrogen-bond acceptors (Lipinski definition) is 3. The molecule has 0 aromatic heterocycles. The molecule has 3 unspecified atom stereocenters. The maximum Gasteiger partial charge on any atom is 0.0685 e. The second-order valence-corrected chi connectivity index (χ2v) is 7.41. The second-order valence-electron chi connectivity index (χ2n) is 7.41. The van der Waals surface area contributed by atoms with E-state index in [1.54, 1.807) is 0 Å². The monoisotopic (exact) mass is 295 g/mol. The molecule has 1 N–H and O–H groups in total. The number of ether oxygens (including phenoxy) is 2. The van der Waals surface area contributed by atoms with Crippen molar-refractivity contribution in [2.45, 2.75) is 76.4 Å². The van der Waals surface area contributed by atoms with E-state index >= 15 is 0 Å². The van der Waals surface area contributed by atoms with Crippen LogP contribution in [0.25, 0.3) is 0 Å². The normalized spacial score (nSPS) is 34.7. The van der Waals surface area contributed by atoms with E-state index in [0.29, 0.717) is 12.0 Å². The molecule has 0 aromatic rings. The van der Waals surface area contributed by atoms with Crippen LogP contribution in [-0.2, 0) is 9.47 Å². The van der Waals surface area contributed by atoms with Crippen LogP contribution in [0.1, 0.15) is 64.7 Å². The fourth-order valence-electron chi connectivity index (χ4n) is 4.92. The van der Waals surface area contributed by atoms with Gasteiger partial charge in [0.2, 0.25) is 0 Å². The Morgan fingerprint density at radius 2 is 1.90 bits per heavy atom. The molecule has 3 fully saturated rings. The Morgan fingerprint density at radius 1 is 1.05 bits per heavy atom. The van der Waals surface area contributed by atoms with Crippen molar-refractivity contribution in [3.8, 4) is 0 Å². The number of rotatable bonds is 4. The predicted molar refractivity (Wildman–Crippen MR) is 85.5 cm³/mol. The molecular weight excluding hydrogens is 262 g/mol. The molecule has 0 amide bonds. The van der Waals surface area contributed by atoms with Gasteiger partial charge in [-0.15, -0.1) is 0 Å². The van der Waals surface area contributed by atoms with E-state index in [1.165, 1.54) is 57.8 Å². The van der Waals surface area contributed by atoms with E-state index in [2.05, 4.69) is 12.2 Å². The summed E-state index contributed by atoms with van der Waals surface area (Å²) in [6.07, 6.45) is 11.8. The zero-order chi connectivity index (χ0) is 14.5. The first-order valence-corrected chi connectivity index (χ1v) is 9.28. The number of nitrogens with one attached hydrogen (secondary N) is 1. The summed E-state index contributed by atoms with van der Waals surface area (Å²) in [4.78, 5) is 0. The molecular formula is C18H33NO2. The van der Waals surface area contributed by atoms with Crippen molar-refractivity contribution in [1.82, 2.24) is 5.32 Å². The molecule has 1 aliphatic carbocycles. The lowest BCUT2D eigenvalue weighted by molar-refractivity contribution is -0.126. The van der Waals surface area contributed by atoms with Crippen LogP contribution >= 0.6 is 0 Å². The Kier molecular flexibility index (Phi) is 5.58. The predicted octanol–water partition coefficient (Wildman–Crippen LogP) is 3.52. The standard InChI is InChI=1S/C18H33NO2/c1-2-19-17(16-7-6-11-20-14-16)15-8-12-21-18(13-15)9-4-3-5-10-18/h15-17,19H,2-14H2,1H3. The van der Waals surface area contributed by atoms with Crippen LogP contribution in [0.3, 0.4) is 0 Å². The van der Waals surface area contributed by atoms with Crippen molar-refractivity contribution in [1.29, 1.82) is 0 Å². The van der Waals surface area contributed by atoms with Gasteiger partial charge in [-0.2, -0.15) is 0 Å². The Hall–Kier alpha value is -0.120. The maximum atomic E-state index is 6.29. The van der Waals surface area contributed by atoms with Crippen molar-refractivity contribution < 1.29 is 9.47 Å². The molecule has 0 bridgehead atoms. The van der Waals surface area contributed by atoms with E-state index in [4.69, 9.17) is 9.47 Å². The van der Waals surface area contributed by atoms with E-state index in [1.807, 2.05) is 0 Å². The fourth-order valence-corrected chi connectivity index (χ4v) is 4.92. The minimum atomic E-state index is 0.227. The molecule has 3 aliphatic rings. The highest BCUT2D eigenvalue weighted by molar-refractivity contribution is 4.95. The van der Waals surface area contributed by atoms with Crippen molar-refractivity contribution >= 4 is 0 Å². The second kappa shape index (κ2) is 7.43. The fraction of sp³-hybridized carbons (Fsp3) is 1.00. The van der Waals surface area contributed by atoms with Crippen LogP contribution in [0.5, 0.6) is 0 Å². The van der Waals surface area contributed by atoms with Gasteiger partial charge in [0.25, 0.3) is 0 Å². The molecule has 1 spiro atoms. The van der Waals surface area contributed by atoms with Crippen molar-refractivity contribution in [3.63, 3.8) is 0 Å². The summed E-state index contributed by atoms with van der Waals surface area (Å²) in [5.41, 5.74) is 0.227. The Bertz CT molecular complexity index is 303. The third-order valence-corrected chi connectivity index (χ3v) is 5.95. The van der Waals surface area contributed by atoms with Gasteiger partial charge in [0, 0.05) is 19.3 Å². The molecule has 3 atom stereocenters. The van der Waals surface area contributed by atoms with Crippen LogP contribution in [0.4, 0.5) is 0 Å². The summed E-state index contributed by atoms with van der Waals surface area (Å²) >= 11 is 0. The molecule has 2 heterocycles. The van der Waals surface area contributed by atoms with Crippen molar-refractivity contribution in [2.75, 3.05) is 26.4 Å². The molecule has 21 heavy (non-hydrogen) atoms. The summed E-state index contributed by atoms with van der Waals surface area (Å²) in [6.45, 7) is 6.22. The molecule has 2 aliphatic heterocycles. The summed E-state index contributed by atoms with van der Waals surface area (Å²) < 4.78 is 12.1. The van der Waals surface area contributed by atoms with Crippen LogP contribution in [0, 0.1) is 11.8 Å². The molecule has 3 rings (SSSR count). The van der Waals surface area contributed by atoms with Crippen LogP contribution < -0.4 is 5.32 Å². The van der Waals surface area contributed by atoms with Gasteiger partial charge in [-0.05, 0) is 56.9 Å². The van der Waals surface area contributed by atoms with Gasteiger partial charge in [0.1, 0.15) is 0 Å². The molecule has 0 radical (unpaired) electrons. The van der Waals surface area contributed by atoms with Crippen LogP contribution in [0.2, 0.25) is 0 Å². The van der Waals surface area contributed by atoms with E-state index in [9.17, 15) is 0 Å². The molecule has 0 aromatic carbocycles. The molecule has 3 heteroatoms. The smallest absolute Gasteiger partial charge is 0.0685 e. The van der Waals surface area contributed by atoms with Gasteiger partial charge in [0.05, 0.1) is 12.2 Å². The largest absolute Gasteiger partial charge is 0.381 e. The van der Waals surface area contributed by atoms with E-state index in [-0.39, 0.29) is 5.60 Å². The highest BCUT2D eigenvalue weighted by atomic mass is 16.5. The first kappa shape index (κ1) is 15.8. The summed E-state index contributed by atoms with van der Waals surface area (Å²) in [5, 5.41) is 3.81.